The van der Waals surface area contributed by atoms with Crippen molar-refractivity contribution in [3.05, 3.63) is 12.4 Å². The van der Waals surface area contributed by atoms with Gasteiger partial charge in [-0.1, -0.05) is 4.36 Å². The van der Waals surface area contributed by atoms with Crippen LogP contribution in [0.25, 0.3) is 0 Å². The number of imidazole rings is 1. The zero-order valence-electron chi connectivity index (χ0n) is 5.22. The van der Waals surface area contributed by atoms with Gasteiger partial charge in [0, 0.05) is 19.4 Å². The summed E-state index contributed by atoms with van der Waals surface area (Å²) in [7, 11) is -0.748. The fourth-order valence-corrected chi connectivity index (χ4v) is 0.822. The molecule has 0 atom stereocenters. The number of aromatic nitrogens is 2. The standard InChI is InChI=1S/C4H5N3O2S/c1-7-3-2-5-4(7)6-10(8)9/h2-3H,1H3. The van der Waals surface area contributed by atoms with Crippen molar-refractivity contribution in [1.82, 2.24) is 9.55 Å². The second-order valence-electron chi connectivity index (χ2n) is 1.65. The summed E-state index contributed by atoms with van der Waals surface area (Å²) in [5, 5.41) is 0. The zero-order chi connectivity index (χ0) is 7.56. The monoisotopic (exact) mass is 159 g/mol. The van der Waals surface area contributed by atoms with Crippen LogP contribution in [-0.4, -0.2) is 18.0 Å². The number of hydrogen-bond donors (Lipinski definition) is 0. The van der Waals surface area contributed by atoms with Crippen LogP contribution in [0.5, 0.6) is 0 Å². The van der Waals surface area contributed by atoms with Gasteiger partial charge >= 0.3 is 10.5 Å². The van der Waals surface area contributed by atoms with E-state index in [1.54, 1.807) is 13.2 Å². The zero-order valence-corrected chi connectivity index (χ0v) is 6.04. The van der Waals surface area contributed by atoms with Crippen molar-refractivity contribution in [3.63, 3.8) is 0 Å². The first-order chi connectivity index (χ1) is 4.70. The third-order valence-corrected chi connectivity index (χ3v) is 1.26. The van der Waals surface area contributed by atoms with E-state index in [-0.39, 0.29) is 5.95 Å². The Bertz CT molecular complexity index is 342. The van der Waals surface area contributed by atoms with Crippen LogP contribution in [0.4, 0.5) is 5.95 Å². The predicted molar refractivity (Wildman–Crippen MR) is 34.2 cm³/mol. The van der Waals surface area contributed by atoms with E-state index in [0.717, 1.165) is 0 Å². The maximum absolute atomic E-state index is 10.00. The van der Waals surface area contributed by atoms with Gasteiger partial charge in [0.2, 0.25) is 5.95 Å². The lowest BCUT2D eigenvalue weighted by Crippen LogP contribution is -1.82. The van der Waals surface area contributed by atoms with Crippen molar-refractivity contribution >= 4 is 16.4 Å². The topological polar surface area (TPSA) is 64.3 Å². The van der Waals surface area contributed by atoms with E-state index < -0.39 is 10.5 Å². The SMILES string of the molecule is Cn1ccnc1N=S(=O)=O. The Kier molecular flexibility index (Phi) is 1.81. The summed E-state index contributed by atoms with van der Waals surface area (Å²) in [6.45, 7) is 0. The Morgan fingerprint density at radius 3 is 2.80 bits per heavy atom. The summed E-state index contributed by atoms with van der Waals surface area (Å²) in [5.41, 5.74) is 0. The van der Waals surface area contributed by atoms with E-state index in [4.69, 9.17) is 0 Å². The molecule has 1 aromatic rings. The van der Waals surface area contributed by atoms with Crippen LogP contribution in [0.2, 0.25) is 0 Å². The molecule has 0 unspecified atom stereocenters. The molecule has 0 saturated heterocycles. The second kappa shape index (κ2) is 2.61. The van der Waals surface area contributed by atoms with Gasteiger partial charge in [-0.3, -0.25) is 0 Å². The van der Waals surface area contributed by atoms with Crippen LogP contribution in [0.3, 0.4) is 0 Å². The van der Waals surface area contributed by atoms with E-state index in [9.17, 15) is 8.42 Å². The molecule has 0 amide bonds. The first-order valence-electron chi connectivity index (χ1n) is 2.48. The van der Waals surface area contributed by atoms with Crippen molar-refractivity contribution in [2.45, 2.75) is 0 Å². The molecule has 5 nitrogen and oxygen atoms in total. The number of rotatable bonds is 1. The van der Waals surface area contributed by atoms with Crippen LogP contribution in [0.15, 0.2) is 16.8 Å². The molecule has 1 heterocycles. The smallest absolute Gasteiger partial charge is 0.318 e. The van der Waals surface area contributed by atoms with Gasteiger partial charge in [0.15, 0.2) is 0 Å². The molecule has 1 aromatic heterocycles. The summed E-state index contributed by atoms with van der Waals surface area (Å²) in [4.78, 5) is 3.66. The lowest BCUT2D eigenvalue weighted by Gasteiger charge is -1.86. The minimum absolute atomic E-state index is 0.188. The maximum Gasteiger partial charge on any atom is 0.319 e. The molecule has 0 fully saturated rings. The van der Waals surface area contributed by atoms with E-state index in [1.807, 2.05) is 0 Å². The van der Waals surface area contributed by atoms with E-state index in [2.05, 4.69) is 9.35 Å². The highest BCUT2D eigenvalue weighted by molar-refractivity contribution is 7.61. The van der Waals surface area contributed by atoms with Crippen LogP contribution in [-0.2, 0) is 17.5 Å². The summed E-state index contributed by atoms with van der Waals surface area (Å²) >= 11 is 0. The highest BCUT2D eigenvalue weighted by atomic mass is 32.2. The predicted octanol–water partition coefficient (Wildman–Crippen LogP) is 0.114. The van der Waals surface area contributed by atoms with Gasteiger partial charge in [0.1, 0.15) is 0 Å². The Labute approximate surface area is 59.0 Å². The van der Waals surface area contributed by atoms with E-state index in [1.165, 1.54) is 10.8 Å². The molecular formula is C4H5N3O2S. The molecule has 0 N–H and O–H groups in total. The number of nitrogens with zero attached hydrogens (tertiary/aromatic N) is 3. The highest BCUT2D eigenvalue weighted by Gasteiger charge is 1.93. The maximum atomic E-state index is 10.00. The third-order valence-electron chi connectivity index (χ3n) is 0.952. The largest absolute Gasteiger partial charge is 0.319 e. The molecular weight excluding hydrogens is 154 g/mol. The molecule has 0 aromatic carbocycles. The lowest BCUT2D eigenvalue weighted by molar-refractivity contribution is 0.622. The normalized spacial score (nSPS) is 9.30. The Morgan fingerprint density at radius 2 is 2.40 bits per heavy atom. The van der Waals surface area contributed by atoms with Gasteiger partial charge in [-0.25, -0.2) is 4.98 Å². The first kappa shape index (κ1) is 6.94. The molecule has 0 bridgehead atoms. The molecule has 0 aliphatic rings. The average molecular weight is 159 g/mol. The van der Waals surface area contributed by atoms with Gasteiger partial charge in [-0.05, 0) is 0 Å². The summed E-state index contributed by atoms with van der Waals surface area (Å²) in [6, 6.07) is 0. The number of aryl methyl sites for hydroxylation is 1. The fourth-order valence-electron chi connectivity index (χ4n) is 0.512. The minimum Gasteiger partial charge on any atom is -0.318 e. The van der Waals surface area contributed by atoms with Gasteiger partial charge in [0.05, 0.1) is 0 Å². The molecule has 0 aliphatic heterocycles. The van der Waals surface area contributed by atoms with Crippen LogP contribution in [0, 0.1) is 0 Å². The summed E-state index contributed by atoms with van der Waals surface area (Å²) < 4.78 is 24.7. The molecule has 6 heteroatoms. The van der Waals surface area contributed by atoms with E-state index >= 15 is 0 Å². The van der Waals surface area contributed by atoms with Crippen LogP contribution < -0.4 is 0 Å². The molecule has 0 saturated carbocycles. The molecule has 0 aliphatic carbocycles. The van der Waals surface area contributed by atoms with Gasteiger partial charge in [0.25, 0.3) is 0 Å². The quantitative estimate of drug-likeness (QED) is 0.584. The van der Waals surface area contributed by atoms with E-state index in [0.29, 0.717) is 0 Å². The first-order valence-corrected chi connectivity index (χ1v) is 3.52. The fraction of sp³-hybridized carbons (Fsp3) is 0.250. The van der Waals surface area contributed by atoms with Crippen LogP contribution >= 0.6 is 0 Å². The Morgan fingerprint density at radius 1 is 1.70 bits per heavy atom. The van der Waals surface area contributed by atoms with Crippen molar-refractivity contribution in [3.8, 4) is 0 Å². The lowest BCUT2D eigenvalue weighted by atomic mass is 10.9. The van der Waals surface area contributed by atoms with Crippen molar-refractivity contribution in [2.75, 3.05) is 0 Å². The van der Waals surface area contributed by atoms with Gasteiger partial charge in [-0.2, -0.15) is 8.42 Å². The molecule has 1 rings (SSSR count). The van der Waals surface area contributed by atoms with Crippen molar-refractivity contribution < 1.29 is 8.42 Å². The van der Waals surface area contributed by atoms with Gasteiger partial charge in [-0.15, -0.1) is 0 Å². The van der Waals surface area contributed by atoms with Crippen LogP contribution in [0.1, 0.15) is 0 Å². The summed E-state index contributed by atoms with van der Waals surface area (Å²) in [6.07, 6.45) is 3.09. The second-order valence-corrected chi connectivity index (χ2v) is 2.26. The molecule has 0 spiro atoms. The molecule has 10 heavy (non-hydrogen) atoms. The van der Waals surface area contributed by atoms with Crippen molar-refractivity contribution in [2.24, 2.45) is 11.4 Å². The Balaban J connectivity index is 3.19. The van der Waals surface area contributed by atoms with Crippen molar-refractivity contribution in [1.29, 1.82) is 0 Å². The third kappa shape index (κ3) is 1.41. The molecule has 0 radical (unpaired) electrons. The summed E-state index contributed by atoms with van der Waals surface area (Å²) in [5.74, 6) is 0.188. The van der Waals surface area contributed by atoms with Gasteiger partial charge < -0.3 is 4.57 Å². The minimum atomic E-state index is -2.41. The molecule has 54 valence electrons. The Hall–Kier alpha value is -1.17. The number of hydrogen-bond acceptors (Lipinski definition) is 4. The highest BCUT2D eigenvalue weighted by Crippen LogP contribution is 2.03. The average Bonchev–Trinajstić information content (AvgIpc) is 2.15.